The van der Waals surface area contributed by atoms with Crippen LogP contribution in [0.15, 0.2) is 4.99 Å². The molecule has 0 aromatic heterocycles. The first-order valence-corrected chi connectivity index (χ1v) is 4.96. The maximum atomic E-state index is 10.9. The molecule has 2 aliphatic heterocycles. The molecule has 5 heteroatoms. The first kappa shape index (κ1) is 9.18. The van der Waals surface area contributed by atoms with Crippen LogP contribution in [0, 0.1) is 0 Å². The molecule has 0 atom stereocenters. The Labute approximate surface area is 82.2 Å². The highest BCUT2D eigenvalue weighted by molar-refractivity contribution is 6.43. The van der Waals surface area contributed by atoms with Crippen molar-refractivity contribution in [3.8, 4) is 0 Å². The summed E-state index contributed by atoms with van der Waals surface area (Å²) in [6.07, 6.45) is 4.63. The van der Waals surface area contributed by atoms with Crippen LogP contribution >= 0.6 is 0 Å². The van der Waals surface area contributed by atoms with E-state index in [0.29, 0.717) is 5.96 Å². The van der Waals surface area contributed by atoms with Crippen molar-refractivity contribution in [2.24, 2.45) is 4.99 Å². The van der Waals surface area contributed by atoms with Crippen molar-refractivity contribution in [2.75, 3.05) is 13.1 Å². The molecule has 1 fully saturated rings. The van der Waals surface area contributed by atoms with E-state index in [1.165, 1.54) is 12.8 Å². The van der Waals surface area contributed by atoms with Crippen LogP contribution in [0.25, 0.3) is 0 Å². The number of nitrogens with zero attached hydrogens (tertiary/aromatic N) is 2. The van der Waals surface area contributed by atoms with Crippen LogP contribution in [0.2, 0.25) is 0 Å². The van der Waals surface area contributed by atoms with Gasteiger partial charge in [0.25, 0.3) is 0 Å². The molecule has 0 spiro atoms. The molecule has 0 radical (unpaired) electrons. The summed E-state index contributed by atoms with van der Waals surface area (Å²) in [5, 5.41) is 2.49. The van der Waals surface area contributed by atoms with Crippen LogP contribution < -0.4 is 5.32 Å². The van der Waals surface area contributed by atoms with Crippen LogP contribution in [0.5, 0.6) is 0 Å². The Morgan fingerprint density at radius 3 is 2.21 bits per heavy atom. The van der Waals surface area contributed by atoms with E-state index in [1.807, 2.05) is 4.90 Å². The number of hydrogen-bond acceptors (Lipinski definition) is 3. The minimum atomic E-state index is -0.677. The summed E-state index contributed by atoms with van der Waals surface area (Å²) in [5.74, 6) is -0.838. The third-order valence-electron chi connectivity index (χ3n) is 2.53. The van der Waals surface area contributed by atoms with Gasteiger partial charge >= 0.3 is 11.8 Å². The number of carbonyl (C=O) groups excluding carboxylic acids is 2. The summed E-state index contributed by atoms with van der Waals surface area (Å²) in [6.45, 7) is 1.76. The molecule has 2 aliphatic rings. The normalized spacial score (nSPS) is 23.1. The lowest BCUT2D eigenvalue weighted by molar-refractivity contribution is -0.135. The second-order valence-corrected chi connectivity index (χ2v) is 3.60. The van der Waals surface area contributed by atoms with Gasteiger partial charge in [0.2, 0.25) is 5.96 Å². The molecule has 0 saturated carbocycles. The van der Waals surface area contributed by atoms with Gasteiger partial charge in [-0.1, -0.05) is 12.8 Å². The topological polar surface area (TPSA) is 61.8 Å². The summed E-state index contributed by atoms with van der Waals surface area (Å²) in [5.41, 5.74) is 0. The van der Waals surface area contributed by atoms with Gasteiger partial charge in [-0.05, 0) is 12.8 Å². The largest absolute Gasteiger partial charge is 0.342 e. The second kappa shape index (κ2) is 3.77. The molecule has 1 saturated heterocycles. The highest BCUT2D eigenvalue weighted by Crippen LogP contribution is 2.10. The third kappa shape index (κ3) is 1.76. The van der Waals surface area contributed by atoms with E-state index in [2.05, 4.69) is 10.3 Å². The van der Waals surface area contributed by atoms with Crippen molar-refractivity contribution in [1.29, 1.82) is 0 Å². The van der Waals surface area contributed by atoms with Crippen molar-refractivity contribution in [3.63, 3.8) is 0 Å². The summed E-state index contributed by atoms with van der Waals surface area (Å²) >= 11 is 0. The number of aliphatic imine (C=N–C) groups is 1. The number of carbonyl (C=O) groups is 2. The molecule has 0 bridgehead atoms. The fourth-order valence-corrected chi connectivity index (χ4v) is 1.76. The van der Waals surface area contributed by atoms with Gasteiger partial charge in [-0.3, -0.25) is 14.9 Å². The van der Waals surface area contributed by atoms with Gasteiger partial charge in [0.15, 0.2) is 0 Å². The van der Waals surface area contributed by atoms with E-state index in [0.717, 1.165) is 25.9 Å². The molecule has 0 aromatic carbocycles. The number of amides is 2. The van der Waals surface area contributed by atoms with Gasteiger partial charge in [0.1, 0.15) is 0 Å². The van der Waals surface area contributed by atoms with Crippen molar-refractivity contribution >= 4 is 17.8 Å². The Hall–Kier alpha value is -1.39. The lowest BCUT2D eigenvalue weighted by Gasteiger charge is -2.20. The van der Waals surface area contributed by atoms with E-state index in [-0.39, 0.29) is 0 Å². The summed E-state index contributed by atoms with van der Waals surface area (Å²) in [7, 11) is 0. The van der Waals surface area contributed by atoms with Gasteiger partial charge in [0, 0.05) is 13.1 Å². The zero-order valence-corrected chi connectivity index (χ0v) is 7.95. The number of likely N-dealkylation sites (tertiary alicyclic amines) is 1. The first-order valence-electron chi connectivity index (χ1n) is 4.96. The zero-order valence-electron chi connectivity index (χ0n) is 7.95. The number of guanidine groups is 1. The van der Waals surface area contributed by atoms with Crippen LogP contribution in [-0.2, 0) is 9.59 Å². The minimum absolute atomic E-state index is 0.446. The molecule has 0 aromatic rings. The lowest BCUT2D eigenvalue weighted by Crippen LogP contribution is -2.41. The monoisotopic (exact) mass is 195 g/mol. The number of hydrogen-bond donors (Lipinski definition) is 1. The lowest BCUT2D eigenvalue weighted by atomic mass is 10.2. The SMILES string of the molecule is O=C1N=C(N2CCCCCC2)NC1=O. The summed E-state index contributed by atoms with van der Waals surface area (Å²) < 4.78 is 0. The molecule has 2 heterocycles. The smallest absolute Gasteiger partial charge is 0.338 e. The average molecular weight is 195 g/mol. The highest BCUT2D eigenvalue weighted by Gasteiger charge is 2.27. The van der Waals surface area contributed by atoms with Crippen LogP contribution in [0.1, 0.15) is 25.7 Å². The van der Waals surface area contributed by atoms with Gasteiger partial charge in [-0.2, -0.15) is 4.99 Å². The van der Waals surface area contributed by atoms with E-state index >= 15 is 0 Å². The number of nitrogens with one attached hydrogen (secondary N) is 1. The number of rotatable bonds is 0. The Morgan fingerprint density at radius 2 is 1.71 bits per heavy atom. The predicted molar refractivity (Wildman–Crippen MR) is 50.6 cm³/mol. The van der Waals surface area contributed by atoms with E-state index < -0.39 is 11.8 Å². The molecule has 0 unspecified atom stereocenters. The molecular weight excluding hydrogens is 182 g/mol. The van der Waals surface area contributed by atoms with Crippen molar-refractivity contribution in [3.05, 3.63) is 0 Å². The first-order chi connectivity index (χ1) is 6.77. The molecule has 2 amide bonds. The Morgan fingerprint density at radius 1 is 1.07 bits per heavy atom. The minimum Gasteiger partial charge on any atom is -0.342 e. The third-order valence-corrected chi connectivity index (χ3v) is 2.53. The molecule has 2 rings (SSSR count). The van der Waals surface area contributed by atoms with Gasteiger partial charge in [-0.25, -0.2) is 0 Å². The zero-order chi connectivity index (χ0) is 9.97. The second-order valence-electron chi connectivity index (χ2n) is 3.60. The van der Waals surface area contributed by atoms with Crippen LogP contribution in [0.3, 0.4) is 0 Å². The van der Waals surface area contributed by atoms with Crippen molar-refractivity contribution in [2.45, 2.75) is 25.7 Å². The molecule has 5 nitrogen and oxygen atoms in total. The fourth-order valence-electron chi connectivity index (χ4n) is 1.76. The fraction of sp³-hybridized carbons (Fsp3) is 0.667. The molecular formula is C9H13N3O2. The quantitative estimate of drug-likeness (QED) is 0.548. The van der Waals surface area contributed by atoms with Gasteiger partial charge in [0.05, 0.1) is 0 Å². The maximum absolute atomic E-state index is 10.9. The van der Waals surface area contributed by atoms with Crippen molar-refractivity contribution in [1.82, 2.24) is 10.2 Å². The standard InChI is InChI=1S/C9H13N3O2/c13-7-8(14)11-9(10-7)12-5-3-1-2-4-6-12/h1-6H2,(H,10,11,13,14). The Kier molecular flexibility index (Phi) is 2.47. The average Bonchev–Trinajstić information content (AvgIpc) is 2.46. The van der Waals surface area contributed by atoms with Crippen LogP contribution in [0.4, 0.5) is 0 Å². The Balaban J connectivity index is 2.04. The van der Waals surface area contributed by atoms with E-state index in [1.54, 1.807) is 0 Å². The van der Waals surface area contributed by atoms with Gasteiger partial charge < -0.3 is 4.90 Å². The maximum Gasteiger partial charge on any atom is 0.338 e. The van der Waals surface area contributed by atoms with Gasteiger partial charge in [-0.15, -0.1) is 0 Å². The Bertz CT molecular complexity index is 290. The van der Waals surface area contributed by atoms with E-state index in [4.69, 9.17) is 0 Å². The molecule has 76 valence electrons. The molecule has 1 N–H and O–H groups in total. The highest BCUT2D eigenvalue weighted by atomic mass is 16.2. The summed E-state index contributed by atoms with van der Waals surface area (Å²) in [6, 6.07) is 0. The van der Waals surface area contributed by atoms with Crippen LogP contribution in [-0.4, -0.2) is 35.8 Å². The molecule has 0 aliphatic carbocycles. The van der Waals surface area contributed by atoms with Crippen molar-refractivity contribution < 1.29 is 9.59 Å². The predicted octanol–water partition coefficient (Wildman–Crippen LogP) is -0.125. The van der Waals surface area contributed by atoms with E-state index in [9.17, 15) is 9.59 Å². The molecule has 14 heavy (non-hydrogen) atoms. The summed E-state index contributed by atoms with van der Waals surface area (Å²) in [4.78, 5) is 27.5.